The summed E-state index contributed by atoms with van der Waals surface area (Å²) in [6, 6.07) is 13.9. The van der Waals surface area contributed by atoms with Crippen molar-refractivity contribution in [1.29, 1.82) is 0 Å². The number of nitrogens with one attached hydrogen (secondary N) is 2. The summed E-state index contributed by atoms with van der Waals surface area (Å²) in [6.07, 6.45) is 1.70. The maximum absolute atomic E-state index is 11.9. The van der Waals surface area contributed by atoms with Gasteiger partial charge in [-0.1, -0.05) is 24.3 Å². The highest BCUT2D eigenvalue weighted by Crippen LogP contribution is 2.06. The molecule has 1 aromatic carbocycles. The summed E-state index contributed by atoms with van der Waals surface area (Å²) in [6.45, 7) is 0.673. The Labute approximate surface area is 112 Å². The summed E-state index contributed by atoms with van der Waals surface area (Å²) in [5.41, 5.74) is 0.862. The van der Waals surface area contributed by atoms with Gasteiger partial charge in [-0.25, -0.2) is 8.42 Å². The van der Waals surface area contributed by atoms with Crippen LogP contribution in [0, 0.1) is 0 Å². The minimum Gasteiger partial charge on any atom is -0.298 e. The van der Waals surface area contributed by atoms with Crippen molar-refractivity contribution in [3.05, 3.63) is 60.4 Å². The van der Waals surface area contributed by atoms with Crippen LogP contribution < -0.4 is 10.0 Å². The highest BCUT2D eigenvalue weighted by atomic mass is 32.2. The van der Waals surface area contributed by atoms with Crippen LogP contribution in [0.25, 0.3) is 0 Å². The van der Waals surface area contributed by atoms with Crippen LogP contribution in [0.2, 0.25) is 0 Å². The molecule has 0 saturated carbocycles. The molecule has 0 radical (unpaired) electrons. The van der Waals surface area contributed by atoms with E-state index in [9.17, 15) is 8.42 Å². The van der Waals surface area contributed by atoms with Gasteiger partial charge in [0.1, 0.15) is 0 Å². The Hall–Kier alpha value is -1.76. The third kappa shape index (κ3) is 4.13. The molecule has 0 aliphatic heterocycles. The molecule has 0 aliphatic carbocycles. The largest absolute Gasteiger partial charge is 0.298 e. The number of hydrogen-bond donors (Lipinski definition) is 2. The second kappa shape index (κ2) is 6.42. The number of rotatable bonds is 6. The van der Waals surface area contributed by atoms with Gasteiger partial charge in [0.15, 0.2) is 0 Å². The van der Waals surface area contributed by atoms with E-state index in [0.29, 0.717) is 6.54 Å². The monoisotopic (exact) mass is 277 g/mol. The van der Waals surface area contributed by atoms with Gasteiger partial charge >= 0.3 is 0 Å². The average molecular weight is 277 g/mol. The fourth-order valence-corrected chi connectivity index (χ4v) is 2.50. The lowest BCUT2D eigenvalue weighted by Crippen LogP contribution is -2.33. The van der Waals surface area contributed by atoms with Gasteiger partial charge in [-0.15, -0.1) is 0 Å². The molecule has 0 fully saturated rings. The SMILES string of the molecule is O=S(=O)(NCNCc1ccccn1)c1ccccc1. The molecule has 19 heavy (non-hydrogen) atoms. The Bertz CT molecular complexity index is 600. The van der Waals surface area contributed by atoms with Crippen LogP contribution in [0.4, 0.5) is 0 Å². The molecule has 6 heteroatoms. The van der Waals surface area contributed by atoms with Crippen molar-refractivity contribution in [3.63, 3.8) is 0 Å². The Morgan fingerprint density at radius 2 is 1.74 bits per heavy atom. The molecule has 0 amide bonds. The quantitative estimate of drug-likeness (QED) is 0.613. The van der Waals surface area contributed by atoms with Crippen LogP contribution in [0.1, 0.15) is 5.69 Å². The molecule has 0 atom stereocenters. The van der Waals surface area contributed by atoms with Gasteiger partial charge in [0.2, 0.25) is 10.0 Å². The average Bonchev–Trinajstić information content (AvgIpc) is 2.46. The number of sulfonamides is 1. The lowest BCUT2D eigenvalue weighted by atomic mass is 10.3. The summed E-state index contributed by atoms with van der Waals surface area (Å²) < 4.78 is 26.2. The highest BCUT2D eigenvalue weighted by molar-refractivity contribution is 7.89. The first kappa shape index (κ1) is 13.7. The minimum atomic E-state index is -3.45. The van der Waals surface area contributed by atoms with Gasteiger partial charge in [0.05, 0.1) is 17.3 Å². The summed E-state index contributed by atoms with van der Waals surface area (Å²) in [4.78, 5) is 4.39. The molecule has 2 N–H and O–H groups in total. The Kier molecular flexibility index (Phi) is 4.62. The molecule has 1 aromatic heterocycles. The zero-order valence-corrected chi connectivity index (χ0v) is 11.1. The van der Waals surface area contributed by atoms with Gasteiger partial charge in [-0.05, 0) is 24.3 Å². The lowest BCUT2D eigenvalue weighted by Gasteiger charge is -2.07. The van der Waals surface area contributed by atoms with Crippen molar-refractivity contribution in [2.75, 3.05) is 6.67 Å². The molecular weight excluding hydrogens is 262 g/mol. The van der Waals surface area contributed by atoms with Gasteiger partial charge in [-0.2, -0.15) is 4.72 Å². The van der Waals surface area contributed by atoms with E-state index in [0.717, 1.165) is 5.69 Å². The Morgan fingerprint density at radius 1 is 1.00 bits per heavy atom. The van der Waals surface area contributed by atoms with Crippen molar-refractivity contribution >= 4 is 10.0 Å². The van der Waals surface area contributed by atoms with E-state index in [1.807, 2.05) is 18.2 Å². The Morgan fingerprint density at radius 3 is 2.42 bits per heavy atom. The van der Waals surface area contributed by atoms with E-state index >= 15 is 0 Å². The topological polar surface area (TPSA) is 71.1 Å². The molecule has 2 rings (SSSR count). The second-order valence-corrected chi connectivity index (χ2v) is 5.65. The Balaban J connectivity index is 1.83. The molecular formula is C13H15N3O2S. The molecule has 0 unspecified atom stereocenters. The van der Waals surface area contributed by atoms with Crippen LogP contribution in [0.5, 0.6) is 0 Å². The summed E-state index contributed by atoms with van der Waals surface area (Å²) in [5.74, 6) is 0. The van der Waals surface area contributed by atoms with Crippen molar-refractivity contribution in [1.82, 2.24) is 15.0 Å². The van der Waals surface area contributed by atoms with Gasteiger partial charge in [-0.3, -0.25) is 10.3 Å². The number of aromatic nitrogens is 1. The number of nitrogens with zero attached hydrogens (tertiary/aromatic N) is 1. The lowest BCUT2D eigenvalue weighted by molar-refractivity contribution is 0.568. The van der Waals surface area contributed by atoms with Crippen LogP contribution in [-0.4, -0.2) is 20.1 Å². The zero-order chi connectivity index (χ0) is 13.6. The van der Waals surface area contributed by atoms with Crippen LogP contribution in [0.3, 0.4) is 0 Å². The first-order valence-electron chi connectivity index (χ1n) is 5.84. The standard InChI is InChI=1S/C13H15N3O2S/c17-19(18,13-7-2-1-3-8-13)16-11-14-10-12-6-4-5-9-15-12/h1-9,14,16H,10-11H2. The molecule has 100 valence electrons. The van der Waals surface area contributed by atoms with Crippen LogP contribution >= 0.6 is 0 Å². The second-order valence-electron chi connectivity index (χ2n) is 3.89. The van der Waals surface area contributed by atoms with E-state index in [2.05, 4.69) is 15.0 Å². The molecule has 0 aliphatic rings. The maximum Gasteiger partial charge on any atom is 0.241 e. The molecule has 0 saturated heterocycles. The summed E-state index contributed by atoms with van der Waals surface area (Å²) in [7, 11) is -3.45. The van der Waals surface area contributed by atoms with Crippen LogP contribution in [-0.2, 0) is 16.6 Å². The summed E-state index contributed by atoms with van der Waals surface area (Å²) >= 11 is 0. The third-order valence-electron chi connectivity index (χ3n) is 2.47. The maximum atomic E-state index is 11.9. The van der Waals surface area contributed by atoms with Gasteiger partial charge < -0.3 is 0 Å². The molecule has 5 nitrogen and oxygen atoms in total. The minimum absolute atomic E-state index is 0.161. The molecule has 2 aromatic rings. The number of hydrogen-bond acceptors (Lipinski definition) is 4. The van der Waals surface area contributed by atoms with E-state index < -0.39 is 10.0 Å². The molecule has 1 heterocycles. The zero-order valence-electron chi connectivity index (χ0n) is 10.3. The van der Waals surface area contributed by atoms with Crippen molar-refractivity contribution < 1.29 is 8.42 Å². The summed E-state index contributed by atoms with van der Waals surface area (Å²) in [5, 5.41) is 2.97. The normalized spacial score (nSPS) is 11.4. The van der Waals surface area contributed by atoms with Crippen molar-refractivity contribution in [2.24, 2.45) is 0 Å². The van der Waals surface area contributed by atoms with Crippen LogP contribution in [0.15, 0.2) is 59.6 Å². The first-order chi connectivity index (χ1) is 9.18. The van der Waals surface area contributed by atoms with E-state index in [4.69, 9.17) is 0 Å². The van der Waals surface area contributed by atoms with E-state index in [1.54, 1.807) is 36.5 Å². The van der Waals surface area contributed by atoms with Gasteiger partial charge in [0.25, 0.3) is 0 Å². The fourth-order valence-electron chi connectivity index (χ4n) is 1.52. The first-order valence-corrected chi connectivity index (χ1v) is 7.32. The fraction of sp³-hybridized carbons (Fsp3) is 0.154. The van der Waals surface area contributed by atoms with Crippen molar-refractivity contribution in [3.8, 4) is 0 Å². The van der Waals surface area contributed by atoms with E-state index in [1.165, 1.54) is 0 Å². The third-order valence-corrected chi connectivity index (χ3v) is 3.89. The predicted molar refractivity (Wildman–Crippen MR) is 72.7 cm³/mol. The molecule has 0 bridgehead atoms. The van der Waals surface area contributed by atoms with Gasteiger partial charge in [0, 0.05) is 12.7 Å². The van der Waals surface area contributed by atoms with E-state index in [-0.39, 0.29) is 11.6 Å². The molecule has 0 spiro atoms. The highest BCUT2D eigenvalue weighted by Gasteiger charge is 2.11. The van der Waals surface area contributed by atoms with Crippen molar-refractivity contribution in [2.45, 2.75) is 11.4 Å². The number of benzene rings is 1. The smallest absolute Gasteiger partial charge is 0.241 e. The number of pyridine rings is 1. The predicted octanol–water partition coefficient (Wildman–Crippen LogP) is 1.11.